The normalized spacial score (nSPS) is 10.4. The van der Waals surface area contributed by atoms with Gasteiger partial charge >= 0.3 is 5.97 Å². The number of carboxylic acid groups (broad SMARTS) is 1. The van der Waals surface area contributed by atoms with Gasteiger partial charge in [0.25, 0.3) is 5.91 Å². The molecule has 0 heterocycles. The molecule has 0 radical (unpaired) electrons. The molecule has 0 fully saturated rings. The van der Waals surface area contributed by atoms with Crippen molar-refractivity contribution in [3.05, 3.63) is 89.5 Å². The minimum absolute atomic E-state index is 0.0823. The Kier molecular flexibility index (Phi) is 4.75. The largest absolute Gasteiger partial charge is 0.478 e. The zero-order valence-electron chi connectivity index (χ0n) is 13.4. The molecule has 130 valence electrons. The van der Waals surface area contributed by atoms with E-state index >= 15 is 0 Å². The van der Waals surface area contributed by atoms with Crippen LogP contribution >= 0.6 is 0 Å². The van der Waals surface area contributed by atoms with Gasteiger partial charge in [0.05, 0.1) is 11.1 Å². The van der Waals surface area contributed by atoms with Crippen LogP contribution in [0.1, 0.15) is 20.7 Å². The molecule has 0 aliphatic rings. The second-order valence-electron chi connectivity index (χ2n) is 5.53. The van der Waals surface area contributed by atoms with Crippen LogP contribution < -0.4 is 5.32 Å². The Balaban J connectivity index is 1.92. The molecule has 2 N–H and O–H groups in total. The first-order valence-corrected chi connectivity index (χ1v) is 7.64. The zero-order valence-corrected chi connectivity index (χ0v) is 13.4. The molecule has 0 aliphatic carbocycles. The lowest BCUT2D eigenvalue weighted by atomic mass is 9.99. The molecular formula is C20H13F2NO3. The fraction of sp³-hybridized carbons (Fsp3) is 0. The number of hydrogen-bond donors (Lipinski definition) is 2. The maximum absolute atomic E-state index is 13.7. The van der Waals surface area contributed by atoms with E-state index in [1.54, 1.807) is 0 Å². The third-order valence-corrected chi connectivity index (χ3v) is 3.77. The van der Waals surface area contributed by atoms with Gasteiger partial charge in [-0.3, -0.25) is 4.79 Å². The van der Waals surface area contributed by atoms with E-state index in [4.69, 9.17) is 5.11 Å². The highest BCUT2D eigenvalue weighted by Crippen LogP contribution is 2.26. The number of carbonyl (C=O) groups excluding carboxylic acids is 1. The minimum atomic E-state index is -1.08. The van der Waals surface area contributed by atoms with E-state index < -0.39 is 23.5 Å². The topological polar surface area (TPSA) is 66.4 Å². The number of anilines is 1. The second kappa shape index (κ2) is 7.14. The molecule has 0 saturated heterocycles. The molecule has 1 amide bonds. The Morgan fingerprint density at radius 3 is 2.04 bits per heavy atom. The number of benzene rings is 3. The monoisotopic (exact) mass is 353 g/mol. The van der Waals surface area contributed by atoms with E-state index in [1.807, 2.05) is 0 Å². The zero-order chi connectivity index (χ0) is 18.7. The molecule has 3 rings (SSSR count). The van der Waals surface area contributed by atoms with Crippen molar-refractivity contribution >= 4 is 17.6 Å². The van der Waals surface area contributed by atoms with Gasteiger partial charge in [-0.05, 0) is 59.7 Å². The molecule has 0 saturated carbocycles. The molecule has 3 aromatic rings. The van der Waals surface area contributed by atoms with Crippen molar-refractivity contribution < 1.29 is 23.5 Å². The number of nitrogens with one attached hydrogen (secondary N) is 1. The summed E-state index contributed by atoms with van der Waals surface area (Å²) in [4.78, 5) is 23.4. The average Bonchev–Trinajstić information content (AvgIpc) is 2.63. The average molecular weight is 353 g/mol. The van der Waals surface area contributed by atoms with Crippen molar-refractivity contribution in [2.45, 2.75) is 0 Å². The van der Waals surface area contributed by atoms with Crippen LogP contribution in [-0.2, 0) is 0 Å². The first kappa shape index (κ1) is 17.3. The van der Waals surface area contributed by atoms with Crippen molar-refractivity contribution in [1.82, 2.24) is 0 Å². The highest BCUT2D eigenvalue weighted by atomic mass is 19.1. The standard InChI is InChI=1S/C20H13F2NO3/c21-14-5-1-12(2-6-14)17-10-7-15(22)11-18(17)19(24)23-16-8-3-13(4-9-16)20(25)26/h1-11H,(H,23,24)(H,25,26). The predicted octanol–water partition coefficient (Wildman–Crippen LogP) is 4.58. The van der Waals surface area contributed by atoms with Crippen LogP contribution in [0.4, 0.5) is 14.5 Å². The molecular weight excluding hydrogens is 340 g/mol. The summed E-state index contributed by atoms with van der Waals surface area (Å²) < 4.78 is 26.8. The molecule has 0 bridgehead atoms. The van der Waals surface area contributed by atoms with Gasteiger partial charge in [0.1, 0.15) is 11.6 Å². The molecule has 0 spiro atoms. The van der Waals surface area contributed by atoms with Gasteiger partial charge in [0.15, 0.2) is 0 Å². The Morgan fingerprint density at radius 2 is 1.42 bits per heavy atom. The molecule has 26 heavy (non-hydrogen) atoms. The number of carbonyl (C=O) groups is 2. The molecule has 0 atom stereocenters. The fourth-order valence-corrected chi connectivity index (χ4v) is 2.48. The lowest BCUT2D eigenvalue weighted by Crippen LogP contribution is -2.13. The SMILES string of the molecule is O=C(O)c1ccc(NC(=O)c2cc(F)ccc2-c2ccc(F)cc2)cc1. The summed E-state index contributed by atoms with van der Waals surface area (Å²) in [7, 11) is 0. The van der Waals surface area contributed by atoms with Gasteiger partial charge in [0, 0.05) is 5.69 Å². The van der Waals surface area contributed by atoms with Crippen molar-refractivity contribution in [2.75, 3.05) is 5.32 Å². The third-order valence-electron chi connectivity index (χ3n) is 3.77. The number of hydrogen-bond acceptors (Lipinski definition) is 2. The van der Waals surface area contributed by atoms with Crippen LogP contribution in [0.15, 0.2) is 66.7 Å². The lowest BCUT2D eigenvalue weighted by Gasteiger charge is -2.11. The lowest BCUT2D eigenvalue weighted by molar-refractivity contribution is 0.0696. The van der Waals surface area contributed by atoms with Crippen molar-refractivity contribution in [3.63, 3.8) is 0 Å². The van der Waals surface area contributed by atoms with Gasteiger partial charge in [-0.2, -0.15) is 0 Å². The Labute approximate surface area is 147 Å². The predicted molar refractivity (Wildman–Crippen MR) is 93.1 cm³/mol. The summed E-state index contributed by atoms with van der Waals surface area (Å²) in [5, 5.41) is 11.5. The fourth-order valence-electron chi connectivity index (χ4n) is 2.48. The molecule has 4 nitrogen and oxygen atoms in total. The van der Waals surface area contributed by atoms with Gasteiger partial charge in [-0.15, -0.1) is 0 Å². The maximum Gasteiger partial charge on any atom is 0.335 e. The third kappa shape index (κ3) is 3.75. The van der Waals surface area contributed by atoms with E-state index in [0.717, 1.165) is 6.07 Å². The Bertz CT molecular complexity index is 967. The second-order valence-corrected chi connectivity index (χ2v) is 5.53. The smallest absolute Gasteiger partial charge is 0.335 e. The molecule has 0 unspecified atom stereocenters. The number of aromatic carboxylic acids is 1. The summed E-state index contributed by atoms with van der Waals surface area (Å²) in [6.45, 7) is 0. The van der Waals surface area contributed by atoms with Crippen LogP contribution in [0.2, 0.25) is 0 Å². The number of amides is 1. The quantitative estimate of drug-likeness (QED) is 0.721. The maximum atomic E-state index is 13.7. The molecule has 3 aromatic carbocycles. The molecule has 6 heteroatoms. The highest BCUT2D eigenvalue weighted by molar-refractivity contribution is 6.08. The molecule has 0 aliphatic heterocycles. The minimum Gasteiger partial charge on any atom is -0.478 e. The van der Waals surface area contributed by atoms with Crippen molar-refractivity contribution in [3.8, 4) is 11.1 Å². The van der Waals surface area contributed by atoms with Crippen LogP contribution in [0.3, 0.4) is 0 Å². The Hall–Kier alpha value is -3.54. The van der Waals surface area contributed by atoms with E-state index in [0.29, 0.717) is 16.8 Å². The summed E-state index contributed by atoms with van der Waals surface area (Å²) in [6, 6.07) is 14.9. The summed E-state index contributed by atoms with van der Waals surface area (Å²) in [5.41, 5.74) is 1.55. The highest BCUT2D eigenvalue weighted by Gasteiger charge is 2.15. The first-order valence-electron chi connectivity index (χ1n) is 7.64. The van der Waals surface area contributed by atoms with Crippen LogP contribution in [0.25, 0.3) is 11.1 Å². The summed E-state index contributed by atoms with van der Waals surface area (Å²) in [6.07, 6.45) is 0. The van der Waals surface area contributed by atoms with Gasteiger partial charge < -0.3 is 10.4 Å². The van der Waals surface area contributed by atoms with Crippen LogP contribution in [0.5, 0.6) is 0 Å². The molecule has 0 aromatic heterocycles. The number of carboxylic acids is 1. The Morgan fingerprint density at radius 1 is 0.808 bits per heavy atom. The summed E-state index contributed by atoms with van der Waals surface area (Å²) >= 11 is 0. The van der Waals surface area contributed by atoms with Crippen molar-refractivity contribution in [2.24, 2.45) is 0 Å². The van der Waals surface area contributed by atoms with Gasteiger partial charge in [-0.25, -0.2) is 13.6 Å². The van der Waals surface area contributed by atoms with Gasteiger partial charge in [-0.1, -0.05) is 18.2 Å². The van der Waals surface area contributed by atoms with E-state index in [1.165, 1.54) is 60.7 Å². The number of halogens is 2. The van der Waals surface area contributed by atoms with Crippen LogP contribution in [-0.4, -0.2) is 17.0 Å². The van der Waals surface area contributed by atoms with E-state index in [2.05, 4.69) is 5.32 Å². The number of rotatable bonds is 4. The summed E-state index contributed by atoms with van der Waals surface area (Å²) in [5.74, 6) is -2.64. The van der Waals surface area contributed by atoms with E-state index in [-0.39, 0.29) is 11.1 Å². The van der Waals surface area contributed by atoms with Gasteiger partial charge in [0.2, 0.25) is 0 Å². The van der Waals surface area contributed by atoms with E-state index in [9.17, 15) is 18.4 Å². The first-order chi connectivity index (χ1) is 12.4. The van der Waals surface area contributed by atoms with Crippen molar-refractivity contribution in [1.29, 1.82) is 0 Å². The van der Waals surface area contributed by atoms with Crippen LogP contribution in [0, 0.1) is 11.6 Å².